The van der Waals surface area contributed by atoms with Gasteiger partial charge in [0.2, 0.25) is 0 Å². The van der Waals surface area contributed by atoms with E-state index >= 15 is 0 Å². The fraction of sp³-hybridized carbons (Fsp3) is 0.286. The van der Waals surface area contributed by atoms with Gasteiger partial charge in [0.15, 0.2) is 4.90 Å². The smallest absolute Gasteiger partial charge is 0.152 e. The summed E-state index contributed by atoms with van der Waals surface area (Å²) in [6.07, 6.45) is 4.25. The first-order chi connectivity index (χ1) is 13.1. The number of ether oxygens (including phenoxy) is 2. The summed E-state index contributed by atoms with van der Waals surface area (Å²) in [5, 5.41) is 2.90. The molecule has 0 aliphatic carbocycles. The van der Waals surface area contributed by atoms with Crippen molar-refractivity contribution in [3.8, 4) is 5.75 Å². The molecule has 0 spiro atoms. The zero-order chi connectivity index (χ0) is 19.3. The Balaban J connectivity index is 1.79. The molecule has 0 fully saturated rings. The van der Waals surface area contributed by atoms with Crippen molar-refractivity contribution in [3.05, 3.63) is 76.2 Å². The monoisotopic (exact) mass is 401 g/mol. The lowest BCUT2D eigenvalue weighted by atomic mass is 9.91. The van der Waals surface area contributed by atoms with Crippen LogP contribution in [0.15, 0.2) is 65.0 Å². The van der Waals surface area contributed by atoms with Crippen LogP contribution in [0, 0.1) is 0 Å². The van der Waals surface area contributed by atoms with Crippen LogP contribution in [0.25, 0.3) is 0 Å². The van der Waals surface area contributed by atoms with E-state index in [0.717, 1.165) is 33.2 Å². The molecule has 142 valence electrons. The van der Waals surface area contributed by atoms with E-state index in [1.165, 1.54) is 0 Å². The lowest BCUT2D eigenvalue weighted by Crippen LogP contribution is -2.29. The van der Waals surface area contributed by atoms with Gasteiger partial charge >= 0.3 is 0 Å². The highest BCUT2D eigenvalue weighted by Crippen LogP contribution is 2.38. The Morgan fingerprint density at radius 2 is 1.96 bits per heavy atom. The van der Waals surface area contributed by atoms with Crippen LogP contribution in [0.5, 0.6) is 5.75 Å². The molecule has 2 unspecified atom stereocenters. The summed E-state index contributed by atoms with van der Waals surface area (Å²) in [6, 6.07) is 15.6. The van der Waals surface area contributed by atoms with E-state index in [0.29, 0.717) is 6.61 Å². The normalized spacial score (nSPS) is 14.5. The highest BCUT2D eigenvalue weighted by Gasteiger charge is 2.35. The van der Waals surface area contributed by atoms with Crippen LogP contribution in [0.1, 0.15) is 29.5 Å². The highest BCUT2D eigenvalue weighted by atomic mass is 32.2. The average molecular weight is 402 g/mol. The maximum absolute atomic E-state index is 11.5. The molecule has 0 saturated heterocycles. The van der Waals surface area contributed by atoms with Crippen LogP contribution in [0.4, 0.5) is 0 Å². The molecule has 0 bridgehead atoms. The molecule has 3 aromatic rings. The number of hydrogen-bond acceptors (Lipinski definition) is 5. The van der Waals surface area contributed by atoms with E-state index in [9.17, 15) is 4.55 Å². The van der Waals surface area contributed by atoms with Crippen molar-refractivity contribution in [2.24, 2.45) is 0 Å². The minimum Gasteiger partial charge on any atom is -0.612 e. The molecule has 1 aromatic heterocycles. The summed E-state index contributed by atoms with van der Waals surface area (Å²) in [5.41, 5.74) is 1.49. The van der Waals surface area contributed by atoms with Crippen LogP contribution in [0.2, 0.25) is 0 Å². The van der Waals surface area contributed by atoms with Crippen molar-refractivity contribution < 1.29 is 14.0 Å². The maximum atomic E-state index is 11.5. The van der Waals surface area contributed by atoms with Gasteiger partial charge in [0, 0.05) is 18.7 Å². The Hall–Kier alpha value is -1.86. The summed E-state index contributed by atoms with van der Waals surface area (Å²) in [7, 11) is 1.72. The Morgan fingerprint density at radius 1 is 1.19 bits per heavy atom. The number of methoxy groups -OCH3 is 1. The summed E-state index contributed by atoms with van der Waals surface area (Å²) in [6.45, 7) is 2.54. The number of aromatic nitrogens is 1. The fourth-order valence-electron chi connectivity index (χ4n) is 3.03. The fourth-order valence-corrected chi connectivity index (χ4v) is 4.46. The molecule has 2 aromatic carbocycles. The summed E-state index contributed by atoms with van der Waals surface area (Å²) in [4.78, 5) is 5.30. The number of thiazole rings is 1. The first-order valence-electron chi connectivity index (χ1n) is 8.70. The minimum atomic E-state index is -0.967. The van der Waals surface area contributed by atoms with E-state index in [4.69, 9.17) is 9.47 Å². The molecular weight excluding hydrogens is 378 g/mol. The Morgan fingerprint density at radius 3 is 2.56 bits per heavy atom. The predicted molar refractivity (Wildman–Crippen MR) is 110 cm³/mol. The van der Waals surface area contributed by atoms with Crippen LogP contribution in [-0.2, 0) is 28.1 Å². The zero-order valence-corrected chi connectivity index (χ0v) is 17.3. The standard InChI is InChI=1S/C21H23NO3S2/c1-4-21(24-2,20-22-12-13-26-20)17-6-5-7-18(14-17)25-15-16-8-10-19(11-9-16)27(3)23/h5-14H,4,15H2,1-3H3. The van der Waals surface area contributed by atoms with Crippen molar-refractivity contribution >= 4 is 22.5 Å². The van der Waals surface area contributed by atoms with Crippen molar-refractivity contribution in [1.82, 2.24) is 4.98 Å². The second-order valence-electron chi connectivity index (χ2n) is 6.14. The van der Waals surface area contributed by atoms with Gasteiger partial charge in [0.25, 0.3) is 0 Å². The summed E-state index contributed by atoms with van der Waals surface area (Å²) >= 11 is 0.625. The Bertz CT molecular complexity index is 844. The highest BCUT2D eigenvalue weighted by molar-refractivity contribution is 7.90. The first kappa shape index (κ1) is 19.9. The van der Waals surface area contributed by atoms with Crippen LogP contribution in [-0.4, -0.2) is 22.9 Å². The van der Waals surface area contributed by atoms with E-state index in [1.807, 2.05) is 53.9 Å². The van der Waals surface area contributed by atoms with E-state index in [-0.39, 0.29) is 0 Å². The minimum absolute atomic E-state index is 0.448. The second-order valence-corrected chi connectivity index (χ2v) is 8.41. The van der Waals surface area contributed by atoms with Gasteiger partial charge in [-0.1, -0.05) is 31.2 Å². The predicted octanol–water partition coefficient (Wildman–Crippen LogP) is 4.76. The molecule has 0 aliphatic rings. The van der Waals surface area contributed by atoms with Crippen molar-refractivity contribution in [2.75, 3.05) is 13.4 Å². The third-order valence-electron chi connectivity index (χ3n) is 4.59. The van der Waals surface area contributed by atoms with Crippen molar-refractivity contribution in [1.29, 1.82) is 0 Å². The lowest BCUT2D eigenvalue weighted by Gasteiger charge is -2.30. The molecule has 4 nitrogen and oxygen atoms in total. The van der Waals surface area contributed by atoms with Gasteiger partial charge in [0.05, 0.1) is 0 Å². The lowest BCUT2D eigenvalue weighted by molar-refractivity contribution is 0.0182. The molecule has 0 amide bonds. The van der Waals surface area contributed by atoms with Crippen LogP contribution >= 0.6 is 11.3 Å². The average Bonchev–Trinajstić information content (AvgIpc) is 3.24. The van der Waals surface area contributed by atoms with Gasteiger partial charge in [-0.2, -0.15) is 0 Å². The molecule has 2 atom stereocenters. The van der Waals surface area contributed by atoms with Gasteiger partial charge in [-0.15, -0.1) is 11.3 Å². The third-order valence-corrected chi connectivity index (χ3v) is 6.44. The number of rotatable bonds is 8. The van der Waals surface area contributed by atoms with Crippen molar-refractivity contribution in [3.63, 3.8) is 0 Å². The Kier molecular flexibility index (Phi) is 6.55. The molecule has 0 aliphatic heterocycles. The molecule has 0 radical (unpaired) electrons. The SMILES string of the molecule is CCC(OC)(c1cccc(OCc2ccc([S+](C)[O-])cc2)c1)c1nccs1. The molecule has 27 heavy (non-hydrogen) atoms. The Labute approximate surface area is 167 Å². The largest absolute Gasteiger partial charge is 0.612 e. The van der Waals surface area contributed by atoms with E-state index in [1.54, 1.807) is 30.9 Å². The molecule has 6 heteroatoms. The van der Waals surface area contributed by atoms with E-state index < -0.39 is 16.8 Å². The molecule has 3 rings (SSSR count). The molecule has 1 heterocycles. The second kappa shape index (κ2) is 8.89. The summed E-state index contributed by atoms with van der Waals surface area (Å²) in [5.74, 6) is 0.780. The van der Waals surface area contributed by atoms with Gasteiger partial charge in [0.1, 0.15) is 29.2 Å². The van der Waals surface area contributed by atoms with Crippen molar-refractivity contribution in [2.45, 2.75) is 30.4 Å². The molecular formula is C21H23NO3S2. The zero-order valence-electron chi connectivity index (χ0n) is 15.7. The van der Waals surface area contributed by atoms with Gasteiger partial charge in [-0.05, 0) is 53.0 Å². The molecule has 0 saturated carbocycles. The number of benzene rings is 2. The van der Waals surface area contributed by atoms with Gasteiger partial charge in [-0.3, -0.25) is 0 Å². The quantitative estimate of drug-likeness (QED) is 0.511. The number of nitrogens with zero attached hydrogens (tertiary/aromatic N) is 1. The number of hydrogen-bond donors (Lipinski definition) is 0. The van der Waals surface area contributed by atoms with Crippen LogP contribution < -0.4 is 4.74 Å². The maximum Gasteiger partial charge on any atom is 0.152 e. The summed E-state index contributed by atoms with van der Waals surface area (Å²) < 4.78 is 23.4. The third kappa shape index (κ3) is 4.35. The topological polar surface area (TPSA) is 54.4 Å². The van der Waals surface area contributed by atoms with Crippen LogP contribution in [0.3, 0.4) is 0 Å². The first-order valence-corrected chi connectivity index (χ1v) is 11.1. The van der Waals surface area contributed by atoms with Gasteiger partial charge in [-0.25, -0.2) is 4.98 Å². The molecule has 0 N–H and O–H groups in total. The van der Waals surface area contributed by atoms with Gasteiger partial charge < -0.3 is 14.0 Å². The van der Waals surface area contributed by atoms with E-state index in [2.05, 4.69) is 11.9 Å².